The van der Waals surface area contributed by atoms with Crippen LogP contribution in [0.5, 0.6) is 5.75 Å². The maximum absolute atomic E-state index is 12.2. The summed E-state index contributed by atoms with van der Waals surface area (Å²) in [6.07, 6.45) is 2.57. The number of aromatic hydroxyl groups is 1. The second-order valence-corrected chi connectivity index (χ2v) is 5.60. The van der Waals surface area contributed by atoms with Crippen LogP contribution >= 0.6 is 0 Å². The van der Waals surface area contributed by atoms with Gasteiger partial charge < -0.3 is 15.5 Å². The van der Waals surface area contributed by atoms with Gasteiger partial charge in [-0.3, -0.25) is 4.79 Å². The summed E-state index contributed by atoms with van der Waals surface area (Å²) in [5, 5.41) is 21.6. The van der Waals surface area contributed by atoms with E-state index in [-0.39, 0.29) is 17.4 Å². The molecule has 1 aromatic heterocycles. The van der Waals surface area contributed by atoms with Crippen LogP contribution < -0.4 is 5.32 Å². The first-order valence-corrected chi connectivity index (χ1v) is 7.30. The highest BCUT2D eigenvalue weighted by Gasteiger charge is 2.34. The third kappa shape index (κ3) is 3.01. The highest BCUT2D eigenvalue weighted by Crippen LogP contribution is 2.29. The van der Waals surface area contributed by atoms with Gasteiger partial charge in [-0.2, -0.15) is 0 Å². The Morgan fingerprint density at radius 1 is 1.13 bits per heavy atom. The van der Waals surface area contributed by atoms with E-state index in [1.807, 2.05) is 24.3 Å². The van der Waals surface area contributed by atoms with E-state index in [2.05, 4.69) is 10.3 Å². The van der Waals surface area contributed by atoms with Crippen LogP contribution in [0.4, 0.5) is 0 Å². The van der Waals surface area contributed by atoms with Crippen LogP contribution in [0.15, 0.2) is 42.6 Å². The average molecular weight is 312 g/mol. The number of amides is 1. The number of carboxylic acid groups (broad SMARTS) is 1. The van der Waals surface area contributed by atoms with E-state index in [0.29, 0.717) is 12.8 Å². The molecule has 6 heteroatoms. The number of fused-ring (bicyclic) bond motifs is 1. The summed E-state index contributed by atoms with van der Waals surface area (Å²) in [5.74, 6) is -2.28. The molecule has 0 saturated carbocycles. The van der Waals surface area contributed by atoms with E-state index in [1.165, 1.54) is 18.3 Å². The summed E-state index contributed by atoms with van der Waals surface area (Å²) >= 11 is 0. The quantitative estimate of drug-likeness (QED) is 0.792. The number of aliphatic carboxylic acids is 1. The van der Waals surface area contributed by atoms with E-state index >= 15 is 0 Å². The molecule has 1 aromatic carbocycles. The van der Waals surface area contributed by atoms with E-state index in [9.17, 15) is 19.8 Å². The lowest BCUT2D eigenvalue weighted by Gasteiger charge is -2.20. The van der Waals surface area contributed by atoms with E-state index < -0.39 is 17.9 Å². The lowest BCUT2D eigenvalue weighted by molar-refractivity contribution is -0.140. The molecule has 0 spiro atoms. The predicted molar refractivity (Wildman–Crippen MR) is 82.1 cm³/mol. The van der Waals surface area contributed by atoms with Crippen LogP contribution in [0, 0.1) is 5.92 Å². The monoisotopic (exact) mass is 312 g/mol. The van der Waals surface area contributed by atoms with Gasteiger partial charge in [0.1, 0.15) is 11.8 Å². The number of hydrogen-bond donors (Lipinski definition) is 3. The molecule has 0 aliphatic heterocycles. The lowest BCUT2D eigenvalue weighted by atomic mass is 9.96. The van der Waals surface area contributed by atoms with Crippen molar-refractivity contribution in [2.75, 3.05) is 0 Å². The van der Waals surface area contributed by atoms with Crippen molar-refractivity contribution in [3.8, 4) is 5.75 Å². The zero-order valence-electron chi connectivity index (χ0n) is 12.3. The molecule has 1 aliphatic rings. The molecule has 0 unspecified atom stereocenters. The van der Waals surface area contributed by atoms with Crippen molar-refractivity contribution in [2.24, 2.45) is 5.92 Å². The maximum Gasteiger partial charge on any atom is 0.326 e. The van der Waals surface area contributed by atoms with E-state index in [1.54, 1.807) is 0 Å². The van der Waals surface area contributed by atoms with E-state index in [0.717, 1.165) is 11.1 Å². The Labute approximate surface area is 132 Å². The van der Waals surface area contributed by atoms with Crippen molar-refractivity contribution in [1.29, 1.82) is 0 Å². The smallest absolute Gasteiger partial charge is 0.326 e. The molecule has 1 atom stereocenters. The summed E-state index contributed by atoms with van der Waals surface area (Å²) in [4.78, 5) is 27.6. The third-order valence-corrected chi connectivity index (χ3v) is 4.11. The summed E-state index contributed by atoms with van der Waals surface area (Å²) in [6, 6.07) is 9.58. The fourth-order valence-corrected chi connectivity index (χ4v) is 2.99. The van der Waals surface area contributed by atoms with Crippen LogP contribution in [-0.2, 0) is 17.6 Å². The molecule has 3 rings (SSSR count). The minimum Gasteiger partial charge on any atom is -0.505 e. The number of nitrogens with zero attached hydrogens (tertiary/aromatic N) is 1. The van der Waals surface area contributed by atoms with Crippen LogP contribution in [0.2, 0.25) is 0 Å². The van der Waals surface area contributed by atoms with Gasteiger partial charge in [0.15, 0.2) is 5.69 Å². The number of carboxylic acids is 1. The summed E-state index contributed by atoms with van der Waals surface area (Å²) in [5.41, 5.74) is 2.05. The number of benzene rings is 1. The highest BCUT2D eigenvalue weighted by atomic mass is 16.4. The molecule has 23 heavy (non-hydrogen) atoms. The van der Waals surface area contributed by atoms with E-state index in [4.69, 9.17) is 0 Å². The van der Waals surface area contributed by atoms with Gasteiger partial charge in [0, 0.05) is 6.20 Å². The highest BCUT2D eigenvalue weighted by molar-refractivity contribution is 5.97. The Morgan fingerprint density at radius 2 is 1.78 bits per heavy atom. The molecular formula is C17H16N2O4. The number of carbonyl (C=O) groups is 2. The molecule has 0 radical (unpaired) electrons. The van der Waals surface area contributed by atoms with Crippen LogP contribution in [0.3, 0.4) is 0 Å². The van der Waals surface area contributed by atoms with Gasteiger partial charge in [-0.15, -0.1) is 0 Å². The van der Waals surface area contributed by atoms with Crippen molar-refractivity contribution in [2.45, 2.75) is 18.9 Å². The molecule has 1 amide bonds. The predicted octanol–water partition coefficient (Wildman–Crippen LogP) is 1.39. The molecule has 1 aliphatic carbocycles. The second kappa shape index (κ2) is 6.08. The first-order chi connectivity index (χ1) is 11.1. The van der Waals surface area contributed by atoms with Crippen molar-refractivity contribution < 1.29 is 19.8 Å². The van der Waals surface area contributed by atoms with Crippen molar-refractivity contribution in [3.63, 3.8) is 0 Å². The first-order valence-electron chi connectivity index (χ1n) is 7.30. The maximum atomic E-state index is 12.2. The van der Waals surface area contributed by atoms with Crippen molar-refractivity contribution >= 4 is 11.9 Å². The van der Waals surface area contributed by atoms with Gasteiger partial charge in [0.2, 0.25) is 0 Å². The molecule has 3 N–H and O–H groups in total. The minimum absolute atomic E-state index is 0.172. The topological polar surface area (TPSA) is 99.5 Å². The van der Waals surface area contributed by atoms with Gasteiger partial charge in [0.25, 0.3) is 5.91 Å². The molecule has 2 aromatic rings. The molecule has 6 nitrogen and oxygen atoms in total. The number of rotatable bonds is 4. The fraction of sp³-hybridized carbons (Fsp3) is 0.235. The normalized spacial score (nSPS) is 15.0. The zero-order chi connectivity index (χ0) is 16.4. The summed E-state index contributed by atoms with van der Waals surface area (Å²) in [6.45, 7) is 0. The van der Waals surface area contributed by atoms with Crippen LogP contribution in [0.1, 0.15) is 21.6 Å². The number of aromatic nitrogens is 1. The van der Waals surface area contributed by atoms with Gasteiger partial charge in [-0.25, -0.2) is 9.78 Å². The summed E-state index contributed by atoms with van der Waals surface area (Å²) in [7, 11) is 0. The average Bonchev–Trinajstić information content (AvgIpc) is 2.96. The molecule has 0 bridgehead atoms. The second-order valence-electron chi connectivity index (χ2n) is 5.60. The Kier molecular flexibility index (Phi) is 3.97. The SMILES string of the molecule is O=C(N[C@@H](C(=O)O)C1Cc2ccccc2C1)c1ncccc1O. The molecule has 118 valence electrons. The molecule has 1 heterocycles. The van der Waals surface area contributed by atoms with Gasteiger partial charge in [-0.05, 0) is 42.0 Å². The first kappa shape index (κ1) is 15.0. The number of nitrogens with one attached hydrogen (secondary N) is 1. The van der Waals surface area contributed by atoms with Crippen molar-refractivity contribution in [3.05, 3.63) is 59.4 Å². The molecule has 0 fully saturated rings. The Bertz CT molecular complexity index is 735. The molecule has 0 saturated heterocycles. The summed E-state index contributed by atoms with van der Waals surface area (Å²) < 4.78 is 0. The van der Waals surface area contributed by atoms with Gasteiger partial charge in [0.05, 0.1) is 0 Å². The van der Waals surface area contributed by atoms with Crippen molar-refractivity contribution in [1.82, 2.24) is 10.3 Å². The fourth-order valence-electron chi connectivity index (χ4n) is 2.99. The lowest BCUT2D eigenvalue weighted by Crippen LogP contribution is -2.46. The molecular weight excluding hydrogens is 296 g/mol. The standard InChI is InChI=1S/C17H16N2O4/c20-13-6-3-7-18-15(13)16(21)19-14(17(22)23)12-8-10-4-1-2-5-11(10)9-12/h1-7,12,14,20H,8-9H2,(H,19,21)(H,22,23)/t14-/m1/s1. The largest absolute Gasteiger partial charge is 0.505 e. The minimum atomic E-state index is -1.09. The number of hydrogen-bond acceptors (Lipinski definition) is 4. The van der Waals surface area contributed by atoms with Gasteiger partial charge >= 0.3 is 5.97 Å². The van der Waals surface area contributed by atoms with Crippen LogP contribution in [-0.4, -0.2) is 33.1 Å². The third-order valence-electron chi connectivity index (χ3n) is 4.11. The van der Waals surface area contributed by atoms with Crippen LogP contribution in [0.25, 0.3) is 0 Å². The van der Waals surface area contributed by atoms with Gasteiger partial charge in [-0.1, -0.05) is 24.3 Å². The number of pyridine rings is 1. The number of carbonyl (C=O) groups excluding carboxylic acids is 1. The Hall–Kier alpha value is -2.89. The Morgan fingerprint density at radius 3 is 2.35 bits per heavy atom. The Balaban J connectivity index is 1.78. The zero-order valence-corrected chi connectivity index (χ0v) is 12.3.